The Bertz CT molecular complexity index is 1700. The lowest BCUT2D eigenvalue weighted by Gasteiger charge is -2.43. The van der Waals surface area contributed by atoms with E-state index in [9.17, 15) is 5.26 Å². The van der Waals surface area contributed by atoms with E-state index in [4.69, 9.17) is 24.0 Å². The van der Waals surface area contributed by atoms with E-state index >= 15 is 0 Å². The second-order valence-electron chi connectivity index (χ2n) is 13.5. The van der Waals surface area contributed by atoms with Crippen molar-refractivity contribution in [3.63, 3.8) is 0 Å². The smallest absolute Gasteiger partial charge is 0.256 e. The van der Waals surface area contributed by atoms with Gasteiger partial charge in [0.05, 0.1) is 44.2 Å². The largest absolute Gasteiger partial charge is 0.487 e. The fourth-order valence-electron chi connectivity index (χ4n) is 7.55. The molecule has 14 nitrogen and oxygen atoms in total. The number of anilines is 2. The van der Waals surface area contributed by atoms with Crippen LogP contribution in [-0.2, 0) is 16.0 Å². The number of morpholine rings is 1. The van der Waals surface area contributed by atoms with Crippen LogP contribution in [-0.4, -0.2) is 97.2 Å². The number of aromatic nitrogens is 7. The fraction of sp³-hybridized carbons (Fsp3) is 0.556. The Balaban J connectivity index is 1.02. The Hall–Kier alpha value is -4.58. The molecule has 3 fully saturated rings. The van der Waals surface area contributed by atoms with Crippen LogP contribution in [0, 0.1) is 11.3 Å². The molecule has 0 amide bonds. The summed E-state index contributed by atoms with van der Waals surface area (Å²) >= 11 is 0. The molecule has 14 heteroatoms. The summed E-state index contributed by atoms with van der Waals surface area (Å²) in [7, 11) is 1.71. The van der Waals surface area contributed by atoms with E-state index in [1.165, 1.54) is 32.0 Å². The zero-order chi connectivity index (χ0) is 34.3. The molecule has 1 saturated carbocycles. The van der Waals surface area contributed by atoms with Gasteiger partial charge >= 0.3 is 0 Å². The fourth-order valence-corrected chi connectivity index (χ4v) is 7.55. The number of ether oxygens (including phenoxy) is 4. The highest BCUT2D eigenvalue weighted by atomic mass is 16.5. The summed E-state index contributed by atoms with van der Waals surface area (Å²) in [6.45, 7) is 5.44. The minimum atomic E-state index is -0.228. The molecule has 1 aromatic carbocycles. The van der Waals surface area contributed by atoms with Gasteiger partial charge in [-0.2, -0.15) is 10.4 Å². The number of fused-ring (bicyclic) bond motifs is 2. The van der Waals surface area contributed by atoms with E-state index < -0.39 is 0 Å². The summed E-state index contributed by atoms with van der Waals surface area (Å²) in [6.07, 6.45) is 17.3. The monoisotopic (exact) mass is 682 g/mol. The van der Waals surface area contributed by atoms with Crippen molar-refractivity contribution in [1.29, 1.82) is 5.26 Å². The van der Waals surface area contributed by atoms with Crippen LogP contribution >= 0.6 is 0 Å². The van der Waals surface area contributed by atoms with Crippen LogP contribution in [0.2, 0.25) is 0 Å². The van der Waals surface area contributed by atoms with Gasteiger partial charge in [0.2, 0.25) is 5.95 Å². The van der Waals surface area contributed by atoms with E-state index in [2.05, 4.69) is 41.0 Å². The highest BCUT2D eigenvalue weighted by Gasteiger charge is 2.42. The first-order valence-corrected chi connectivity index (χ1v) is 17.8. The van der Waals surface area contributed by atoms with E-state index in [0.29, 0.717) is 67.1 Å². The van der Waals surface area contributed by atoms with Crippen molar-refractivity contribution in [2.45, 2.75) is 95.1 Å². The van der Waals surface area contributed by atoms with E-state index in [1.54, 1.807) is 36.6 Å². The van der Waals surface area contributed by atoms with Crippen LogP contribution in [0.25, 0.3) is 11.1 Å². The van der Waals surface area contributed by atoms with Gasteiger partial charge in [-0.05, 0) is 76.0 Å². The molecule has 2 saturated heterocycles. The van der Waals surface area contributed by atoms with Gasteiger partial charge in [0.15, 0.2) is 0 Å². The zero-order valence-electron chi connectivity index (χ0n) is 28.9. The molecule has 2 bridgehead atoms. The van der Waals surface area contributed by atoms with Gasteiger partial charge < -0.3 is 24.3 Å². The van der Waals surface area contributed by atoms with E-state index in [0.717, 1.165) is 55.7 Å². The Morgan fingerprint density at radius 1 is 0.980 bits per heavy atom. The Morgan fingerprint density at radius 3 is 2.44 bits per heavy atom. The second-order valence-corrected chi connectivity index (χ2v) is 13.5. The van der Waals surface area contributed by atoms with Gasteiger partial charge in [-0.25, -0.2) is 19.6 Å². The predicted octanol–water partition coefficient (Wildman–Crippen LogP) is 5.17. The van der Waals surface area contributed by atoms with Crippen LogP contribution in [0.1, 0.15) is 69.9 Å². The van der Waals surface area contributed by atoms with Gasteiger partial charge in [-0.1, -0.05) is 6.07 Å². The Morgan fingerprint density at radius 2 is 1.72 bits per heavy atom. The number of nitrogens with zero attached hydrogens (tertiary/aromatic N) is 9. The quantitative estimate of drug-likeness (QED) is 0.165. The SMILES string of the molecule is COCCCCOc1nn(C2CCC(N3[C@@H]4CC[C@H]3COC4)CC2)cc1Nc1ncc(-c2ccc(C#N)c(O[C@@H](C)Cn3cncn3)c2)cn1. The average molecular weight is 683 g/mol. The van der Waals surface area contributed by atoms with Crippen LogP contribution in [0.4, 0.5) is 11.6 Å². The number of unbranched alkanes of at least 4 members (excludes halogenated alkanes) is 1. The minimum absolute atomic E-state index is 0.228. The molecule has 5 heterocycles. The summed E-state index contributed by atoms with van der Waals surface area (Å²) < 4.78 is 27.2. The summed E-state index contributed by atoms with van der Waals surface area (Å²) in [6, 6.07) is 9.81. The molecule has 1 N–H and O–H groups in total. The maximum Gasteiger partial charge on any atom is 0.256 e. The topological polar surface area (TPSA) is 150 Å². The van der Waals surface area contributed by atoms with Crippen molar-refractivity contribution >= 4 is 11.6 Å². The summed E-state index contributed by atoms with van der Waals surface area (Å²) in [5, 5.41) is 22.1. The average Bonchev–Trinajstić information content (AvgIpc) is 3.86. The first-order valence-electron chi connectivity index (χ1n) is 17.8. The number of rotatable bonds is 15. The van der Waals surface area contributed by atoms with Gasteiger partial charge in [0, 0.05) is 49.8 Å². The van der Waals surface area contributed by atoms with Crippen molar-refractivity contribution < 1.29 is 18.9 Å². The number of benzene rings is 1. The van der Waals surface area contributed by atoms with Crippen molar-refractivity contribution in [2.24, 2.45) is 0 Å². The van der Waals surface area contributed by atoms with Crippen molar-refractivity contribution in [3.05, 3.63) is 55.0 Å². The number of nitrogens with one attached hydrogen (secondary N) is 1. The molecule has 4 aromatic rings. The molecule has 264 valence electrons. The highest BCUT2D eigenvalue weighted by Crippen LogP contribution is 2.39. The number of methoxy groups -OCH3 is 1. The Labute approximate surface area is 292 Å². The maximum absolute atomic E-state index is 9.69. The zero-order valence-corrected chi connectivity index (χ0v) is 28.9. The summed E-state index contributed by atoms with van der Waals surface area (Å²) in [4.78, 5) is 16.0. The highest BCUT2D eigenvalue weighted by molar-refractivity contribution is 5.67. The van der Waals surface area contributed by atoms with Gasteiger partial charge in [-0.15, -0.1) is 5.10 Å². The van der Waals surface area contributed by atoms with Crippen molar-refractivity contribution in [1.82, 2.24) is 39.4 Å². The third-order valence-corrected chi connectivity index (χ3v) is 10.0. The van der Waals surface area contributed by atoms with Crippen molar-refractivity contribution in [3.8, 4) is 28.8 Å². The maximum atomic E-state index is 9.69. The number of nitriles is 1. The molecule has 50 heavy (non-hydrogen) atoms. The minimum Gasteiger partial charge on any atom is -0.487 e. The van der Waals surface area contributed by atoms with E-state index in [-0.39, 0.29) is 6.10 Å². The standard InChI is InChI=1S/C36H46N10O4/c1-25(19-44-24-38-23-41-44)50-34-15-26(5-6-27(34)16-37)28-17-39-36(40-18-28)42-33-20-45(43-35(33)49-14-4-3-13-47-2)29-7-9-30(10-8-29)46-31-11-12-32(46)22-48-21-31/h5-6,15,17-18,20,23-25,29-32H,3-4,7-14,19,21-22H2,1-2H3,(H,39,40,42)/t25-,29?,30?,31-,32+/m0/s1. The first kappa shape index (κ1) is 33.9. The third kappa shape index (κ3) is 7.90. The molecule has 3 aromatic heterocycles. The lowest BCUT2D eigenvalue weighted by molar-refractivity contribution is -0.0458. The molecule has 7 rings (SSSR count). The molecule has 3 atom stereocenters. The van der Waals surface area contributed by atoms with Gasteiger partial charge in [0.1, 0.15) is 36.3 Å². The number of hydrogen-bond acceptors (Lipinski definition) is 12. The Kier molecular flexibility index (Phi) is 10.8. The summed E-state index contributed by atoms with van der Waals surface area (Å²) in [5.41, 5.74) is 2.83. The van der Waals surface area contributed by atoms with Crippen molar-refractivity contribution in [2.75, 3.05) is 38.9 Å². The second kappa shape index (κ2) is 16.0. The molecule has 3 aliphatic rings. The van der Waals surface area contributed by atoms with Gasteiger partial charge in [0.25, 0.3) is 5.88 Å². The molecule has 1 aliphatic carbocycles. The van der Waals surface area contributed by atoms with Crippen LogP contribution in [0.3, 0.4) is 0 Å². The molecule has 2 aliphatic heterocycles. The van der Waals surface area contributed by atoms with Crippen LogP contribution in [0.15, 0.2) is 49.4 Å². The lowest BCUT2D eigenvalue weighted by Crippen LogP contribution is -2.52. The summed E-state index contributed by atoms with van der Waals surface area (Å²) in [5.74, 6) is 1.48. The van der Waals surface area contributed by atoms with E-state index in [1.807, 2.05) is 25.3 Å². The number of hydrogen-bond donors (Lipinski definition) is 1. The third-order valence-electron chi connectivity index (χ3n) is 10.0. The molecule has 0 radical (unpaired) electrons. The molecular weight excluding hydrogens is 636 g/mol. The molecular formula is C36H46N10O4. The lowest BCUT2D eigenvalue weighted by atomic mass is 9.89. The molecule has 0 unspecified atom stereocenters. The predicted molar refractivity (Wildman–Crippen MR) is 185 cm³/mol. The first-order chi connectivity index (χ1) is 24.6. The normalized spacial score (nSPS) is 22.6. The van der Waals surface area contributed by atoms with Gasteiger partial charge in [-0.3, -0.25) is 9.58 Å². The molecule has 0 spiro atoms. The van der Waals surface area contributed by atoms with Crippen LogP contribution < -0.4 is 14.8 Å². The van der Waals surface area contributed by atoms with Crippen LogP contribution in [0.5, 0.6) is 11.6 Å².